The molecule has 0 aromatic rings. The zero-order chi connectivity index (χ0) is 14.5. The Morgan fingerprint density at radius 2 is 1.95 bits per heavy atom. The first-order valence-corrected chi connectivity index (χ1v) is 9.21. The topological polar surface area (TPSA) is 104 Å². The van der Waals surface area contributed by atoms with Gasteiger partial charge in [-0.15, -0.1) is 0 Å². The van der Waals surface area contributed by atoms with E-state index in [1.54, 1.807) is 0 Å². The molecule has 1 fully saturated rings. The van der Waals surface area contributed by atoms with Gasteiger partial charge < -0.3 is 16.4 Å². The number of aliphatic hydroxyl groups is 2. The van der Waals surface area contributed by atoms with E-state index in [1.165, 1.54) is 6.42 Å². The maximum Gasteiger partial charge on any atom is 1.00 e. The fourth-order valence-electron chi connectivity index (χ4n) is 2.38. The van der Waals surface area contributed by atoms with E-state index in [0.717, 1.165) is 42.5 Å². The Bertz CT molecular complexity index is 377. The smallest absolute Gasteiger partial charge is 1.00 e. The normalized spacial score (nSPS) is 26.8. The summed E-state index contributed by atoms with van der Waals surface area (Å²) in [6, 6.07) is 0. The van der Waals surface area contributed by atoms with Gasteiger partial charge in [0.1, 0.15) is 0 Å². The van der Waals surface area contributed by atoms with Crippen molar-refractivity contribution in [2.75, 3.05) is 6.61 Å². The van der Waals surface area contributed by atoms with E-state index in [9.17, 15) is 13.5 Å². The number of unbranched alkanes of at least 4 members (excludes halogenated alkanes) is 1. The van der Waals surface area contributed by atoms with E-state index in [0.29, 0.717) is 6.42 Å². The van der Waals surface area contributed by atoms with Crippen molar-refractivity contribution < 1.29 is 58.9 Å². The van der Waals surface area contributed by atoms with E-state index >= 15 is 0 Å². The van der Waals surface area contributed by atoms with Crippen LogP contribution in [0.5, 0.6) is 0 Å². The van der Waals surface area contributed by atoms with Gasteiger partial charge in [0.25, 0.3) is 10.1 Å². The molecule has 0 aromatic heterocycles. The standard InChI is InChI=1S/C11H24O6SSi.Na.H/c12-9(10(13)18(14,15)16)5-1-2-6-11(19)7-3-4-8-17-11;;/h9-10,12-13H,1-8H2,19H3,(H,14,15,16);;/q;+1;-1. The van der Waals surface area contributed by atoms with Gasteiger partial charge in [-0.1, -0.05) is 12.8 Å². The van der Waals surface area contributed by atoms with E-state index in [-0.39, 0.29) is 42.6 Å². The summed E-state index contributed by atoms with van der Waals surface area (Å²) in [7, 11) is -3.62. The van der Waals surface area contributed by atoms with Crippen molar-refractivity contribution in [2.24, 2.45) is 0 Å². The maximum absolute atomic E-state index is 10.6. The van der Waals surface area contributed by atoms with Crippen LogP contribution in [0, 0.1) is 0 Å². The Labute approximate surface area is 147 Å². The van der Waals surface area contributed by atoms with Gasteiger partial charge in [0.2, 0.25) is 5.44 Å². The Hall–Kier alpha value is 1.01. The molecule has 20 heavy (non-hydrogen) atoms. The maximum atomic E-state index is 10.6. The predicted molar refractivity (Wildman–Crippen MR) is 75.6 cm³/mol. The molecule has 1 aliphatic rings. The molecule has 0 aromatic carbocycles. The van der Waals surface area contributed by atoms with E-state index in [4.69, 9.17) is 14.4 Å². The van der Waals surface area contributed by atoms with Gasteiger partial charge in [0, 0.05) is 22.1 Å². The van der Waals surface area contributed by atoms with Crippen LogP contribution in [0.4, 0.5) is 0 Å². The fraction of sp³-hybridized carbons (Fsp3) is 1.00. The summed E-state index contributed by atoms with van der Waals surface area (Å²) in [5.74, 6) is 0. The molecule has 1 rings (SSSR count). The fourth-order valence-corrected chi connectivity index (χ4v) is 3.83. The van der Waals surface area contributed by atoms with Crippen LogP contribution in [0.2, 0.25) is 0 Å². The SMILES string of the molecule is O=S(=O)(O)C(O)C(O)CCCCC1([SiH3])CCCCO1.[H-].[Na+]. The third kappa shape index (κ3) is 7.32. The molecule has 0 bridgehead atoms. The summed E-state index contributed by atoms with van der Waals surface area (Å²) < 4.78 is 35.7. The minimum atomic E-state index is -4.58. The molecule has 3 unspecified atom stereocenters. The zero-order valence-corrected chi connectivity index (χ0v) is 17.1. The van der Waals surface area contributed by atoms with Crippen molar-refractivity contribution in [2.45, 2.75) is 61.7 Å². The van der Waals surface area contributed by atoms with Gasteiger partial charge in [-0.2, -0.15) is 8.42 Å². The molecule has 1 aliphatic heterocycles. The molecule has 9 heteroatoms. The summed E-state index contributed by atoms with van der Waals surface area (Å²) in [5, 5.41) is 18.6. The van der Waals surface area contributed by atoms with Gasteiger partial charge in [0.15, 0.2) is 0 Å². The van der Waals surface area contributed by atoms with Gasteiger partial charge in [-0.25, -0.2) is 0 Å². The quantitative estimate of drug-likeness (QED) is 0.253. The number of hydrogen-bond acceptors (Lipinski definition) is 5. The van der Waals surface area contributed by atoms with E-state index in [1.807, 2.05) is 0 Å². The number of ether oxygens (including phenoxy) is 1. The van der Waals surface area contributed by atoms with Gasteiger partial charge >= 0.3 is 29.6 Å². The van der Waals surface area contributed by atoms with Crippen LogP contribution in [0.25, 0.3) is 0 Å². The summed E-state index contributed by atoms with van der Waals surface area (Å²) in [4.78, 5) is 0. The number of rotatable bonds is 7. The molecular formula is C11H25NaO6SSi. The van der Waals surface area contributed by atoms with Crippen molar-refractivity contribution in [1.29, 1.82) is 0 Å². The molecule has 0 amide bonds. The molecule has 116 valence electrons. The third-order valence-electron chi connectivity index (χ3n) is 3.64. The molecule has 0 aliphatic carbocycles. The minimum absolute atomic E-state index is 0. The van der Waals surface area contributed by atoms with Crippen molar-refractivity contribution in [3.8, 4) is 0 Å². The molecule has 3 atom stereocenters. The predicted octanol–water partition coefficient (Wildman–Crippen LogP) is -3.51. The van der Waals surface area contributed by atoms with E-state index < -0.39 is 21.7 Å². The van der Waals surface area contributed by atoms with Crippen LogP contribution in [0.15, 0.2) is 0 Å². The Balaban J connectivity index is 0. The first-order chi connectivity index (χ1) is 8.75. The molecule has 0 saturated carbocycles. The summed E-state index contributed by atoms with van der Waals surface area (Å²) in [5.41, 5.74) is -2.11. The van der Waals surface area contributed by atoms with Crippen LogP contribution >= 0.6 is 0 Å². The molecule has 0 spiro atoms. The van der Waals surface area contributed by atoms with E-state index in [2.05, 4.69) is 0 Å². The number of hydrogen-bond donors (Lipinski definition) is 3. The van der Waals surface area contributed by atoms with Gasteiger partial charge in [-0.3, -0.25) is 4.55 Å². The molecule has 6 nitrogen and oxygen atoms in total. The van der Waals surface area contributed by atoms with Crippen LogP contribution in [-0.4, -0.2) is 56.8 Å². The monoisotopic (exact) mass is 336 g/mol. The van der Waals surface area contributed by atoms with Crippen LogP contribution < -0.4 is 29.6 Å². The Kier molecular flexibility index (Phi) is 9.68. The molecule has 0 radical (unpaired) electrons. The summed E-state index contributed by atoms with van der Waals surface area (Å²) in [6.45, 7) is 0.813. The van der Waals surface area contributed by atoms with Crippen molar-refractivity contribution >= 4 is 20.4 Å². The van der Waals surface area contributed by atoms with Crippen molar-refractivity contribution in [3.63, 3.8) is 0 Å². The second kappa shape index (κ2) is 9.21. The van der Waals surface area contributed by atoms with Crippen LogP contribution in [0.1, 0.15) is 46.4 Å². The summed E-state index contributed by atoms with van der Waals surface area (Å²) in [6.07, 6.45) is 4.42. The van der Waals surface area contributed by atoms with Crippen molar-refractivity contribution in [1.82, 2.24) is 0 Å². The zero-order valence-electron chi connectivity index (χ0n) is 13.3. The van der Waals surface area contributed by atoms with Crippen LogP contribution in [-0.2, 0) is 14.9 Å². The second-order valence-corrected chi connectivity index (χ2v) is 8.81. The largest absolute Gasteiger partial charge is 1.00 e. The first kappa shape index (κ1) is 21.0. The van der Waals surface area contributed by atoms with Gasteiger partial charge in [0.05, 0.1) is 6.10 Å². The second-order valence-electron chi connectivity index (χ2n) is 5.47. The molecular weight excluding hydrogens is 311 g/mol. The number of aliphatic hydroxyl groups excluding tert-OH is 2. The first-order valence-electron chi connectivity index (χ1n) is 6.71. The summed E-state index contributed by atoms with van der Waals surface area (Å²) >= 11 is 0. The third-order valence-corrected chi connectivity index (χ3v) is 5.85. The molecule has 1 heterocycles. The van der Waals surface area contributed by atoms with Crippen molar-refractivity contribution in [3.05, 3.63) is 0 Å². The molecule has 1 saturated heterocycles. The van der Waals surface area contributed by atoms with Gasteiger partial charge in [-0.05, 0) is 32.1 Å². The minimum Gasteiger partial charge on any atom is -1.00 e. The Morgan fingerprint density at radius 1 is 1.30 bits per heavy atom. The Morgan fingerprint density at radius 3 is 2.45 bits per heavy atom. The van der Waals surface area contributed by atoms with Crippen LogP contribution in [0.3, 0.4) is 0 Å². The average molecular weight is 336 g/mol. The average Bonchev–Trinajstić information content (AvgIpc) is 2.33. The molecule has 3 N–H and O–H groups in total.